The number of nitrogens with zero attached hydrogens (tertiary/aromatic N) is 3. The van der Waals surface area contributed by atoms with Crippen LogP contribution in [0.3, 0.4) is 0 Å². The molecule has 0 radical (unpaired) electrons. The van der Waals surface area contributed by atoms with E-state index in [2.05, 4.69) is 33.1 Å². The fraction of sp³-hybridized carbons (Fsp3) is 0.286. The molecule has 1 heterocycles. The zero-order valence-corrected chi connectivity index (χ0v) is 14.5. The van der Waals surface area contributed by atoms with Crippen molar-refractivity contribution in [2.24, 2.45) is 10.9 Å². The molecule has 2 aromatic rings. The molecule has 7 heteroatoms. The largest absolute Gasteiger partial charge is 0.409 e. The average Bonchev–Trinajstić information content (AvgIpc) is 2.74. The van der Waals surface area contributed by atoms with Crippen LogP contribution in [-0.2, 0) is 0 Å². The summed E-state index contributed by atoms with van der Waals surface area (Å²) in [4.78, 5) is 0.967. The number of amidine groups is 1. The number of nitrogens with two attached hydrogens (primary N) is 1. The predicted octanol–water partition coefficient (Wildman–Crippen LogP) is 3.46. The van der Waals surface area contributed by atoms with Crippen molar-refractivity contribution in [3.05, 3.63) is 39.6 Å². The topological polar surface area (TPSA) is 76.4 Å². The Morgan fingerprint density at radius 1 is 1.48 bits per heavy atom. The molecular formula is C14H17BrN4OS. The van der Waals surface area contributed by atoms with Gasteiger partial charge in [-0.15, -0.1) is 11.8 Å². The Bertz CT molecular complexity index is 697. The van der Waals surface area contributed by atoms with Crippen molar-refractivity contribution < 1.29 is 5.21 Å². The monoisotopic (exact) mass is 368 g/mol. The summed E-state index contributed by atoms with van der Waals surface area (Å²) in [6.45, 7) is 5.97. The van der Waals surface area contributed by atoms with E-state index in [0.29, 0.717) is 5.56 Å². The van der Waals surface area contributed by atoms with Gasteiger partial charge in [-0.2, -0.15) is 5.10 Å². The Labute approximate surface area is 136 Å². The molecule has 3 N–H and O–H groups in total. The van der Waals surface area contributed by atoms with Gasteiger partial charge in [-0.05, 0) is 47.7 Å². The summed E-state index contributed by atoms with van der Waals surface area (Å²) in [5.41, 5.74) is 9.26. The van der Waals surface area contributed by atoms with E-state index in [-0.39, 0.29) is 5.84 Å². The second kappa shape index (κ2) is 6.53. The van der Waals surface area contributed by atoms with Crippen LogP contribution in [0.15, 0.2) is 32.7 Å². The molecule has 0 atom stereocenters. The van der Waals surface area contributed by atoms with E-state index in [9.17, 15) is 0 Å². The third-order valence-electron chi connectivity index (χ3n) is 3.10. The first kappa shape index (κ1) is 15.9. The lowest BCUT2D eigenvalue weighted by atomic mass is 10.1. The van der Waals surface area contributed by atoms with E-state index in [1.165, 1.54) is 0 Å². The summed E-state index contributed by atoms with van der Waals surface area (Å²) >= 11 is 5.17. The van der Waals surface area contributed by atoms with E-state index in [1.54, 1.807) is 11.8 Å². The predicted molar refractivity (Wildman–Crippen MR) is 89.6 cm³/mol. The number of aromatic nitrogens is 2. The molecule has 112 valence electrons. The Kier molecular flexibility index (Phi) is 4.95. The lowest BCUT2D eigenvalue weighted by Gasteiger charge is -2.14. The third-order valence-corrected chi connectivity index (χ3v) is 5.19. The molecule has 5 nitrogen and oxygen atoms in total. The van der Waals surface area contributed by atoms with Crippen molar-refractivity contribution >= 4 is 33.5 Å². The van der Waals surface area contributed by atoms with Gasteiger partial charge in [-0.1, -0.05) is 18.1 Å². The summed E-state index contributed by atoms with van der Waals surface area (Å²) < 4.78 is 2.77. The zero-order chi connectivity index (χ0) is 15.6. The number of halogens is 1. The molecule has 0 fully saturated rings. The number of rotatable bonds is 4. The van der Waals surface area contributed by atoms with Crippen LogP contribution in [0.4, 0.5) is 0 Å². The maximum atomic E-state index is 9.10. The summed E-state index contributed by atoms with van der Waals surface area (Å²) in [5.74, 6) is 0.987. The van der Waals surface area contributed by atoms with E-state index in [0.717, 1.165) is 32.2 Å². The molecule has 0 bridgehead atoms. The van der Waals surface area contributed by atoms with Crippen LogP contribution in [0.25, 0.3) is 5.69 Å². The number of thioether (sulfide) groups is 1. The van der Waals surface area contributed by atoms with Crippen molar-refractivity contribution in [2.45, 2.75) is 25.7 Å². The zero-order valence-electron chi connectivity index (χ0n) is 12.1. The van der Waals surface area contributed by atoms with Gasteiger partial charge in [0.2, 0.25) is 0 Å². The second-order valence-electron chi connectivity index (χ2n) is 4.47. The van der Waals surface area contributed by atoms with Crippen LogP contribution in [0.1, 0.15) is 23.9 Å². The number of aryl methyl sites for hydroxylation is 1. The highest BCUT2D eigenvalue weighted by Crippen LogP contribution is 2.30. The van der Waals surface area contributed by atoms with Crippen LogP contribution in [0.2, 0.25) is 0 Å². The quantitative estimate of drug-likeness (QED) is 0.285. The van der Waals surface area contributed by atoms with Crippen LogP contribution >= 0.6 is 27.7 Å². The highest BCUT2D eigenvalue weighted by Gasteiger charge is 2.18. The van der Waals surface area contributed by atoms with Gasteiger partial charge in [0, 0.05) is 4.90 Å². The van der Waals surface area contributed by atoms with E-state index >= 15 is 0 Å². The van der Waals surface area contributed by atoms with Crippen LogP contribution in [0.5, 0.6) is 0 Å². The molecule has 0 aliphatic heterocycles. The molecular weight excluding hydrogens is 352 g/mol. The van der Waals surface area contributed by atoms with E-state index in [4.69, 9.17) is 10.9 Å². The Morgan fingerprint density at radius 3 is 2.71 bits per heavy atom. The van der Waals surface area contributed by atoms with Gasteiger partial charge in [-0.3, -0.25) is 0 Å². The molecule has 0 aliphatic carbocycles. The Balaban J connectivity index is 2.73. The van der Waals surface area contributed by atoms with Gasteiger partial charge >= 0.3 is 0 Å². The molecule has 0 saturated carbocycles. The lowest BCUT2D eigenvalue weighted by molar-refractivity contribution is 0.318. The first-order valence-corrected chi connectivity index (χ1v) is 8.24. The number of hydrogen-bond donors (Lipinski definition) is 2. The fourth-order valence-electron chi connectivity index (χ4n) is 2.14. The molecule has 2 rings (SSSR count). The van der Waals surface area contributed by atoms with Gasteiger partial charge < -0.3 is 10.9 Å². The lowest BCUT2D eigenvalue weighted by Crippen LogP contribution is -2.18. The summed E-state index contributed by atoms with van der Waals surface area (Å²) in [7, 11) is 0. The first-order chi connectivity index (χ1) is 10.0. The summed E-state index contributed by atoms with van der Waals surface area (Å²) in [5, 5.41) is 16.8. The van der Waals surface area contributed by atoms with Crippen LogP contribution < -0.4 is 5.73 Å². The maximum Gasteiger partial charge on any atom is 0.173 e. The van der Waals surface area contributed by atoms with Crippen molar-refractivity contribution in [3.63, 3.8) is 0 Å². The Hall–Kier alpha value is -1.47. The van der Waals surface area contributed by atoms with Gasteiger partial charge in [-0.25, -0.2) is 4.68 Å². The minimum Gasteiger partial charge on any atom is -0.409 e. The normalized spacial score (nSPS) is 11.9. The van der Waals surface area contributed by atoms with E-state index in [1.807, 2.05) is 36.7 Å². The van der Waals surface area contributed by atoms with Gasteiger partial charge in [0.1, 0.15) is 0 Å². The summed E-state index contributed by atoms with van der Waals surface area (Å²) in [6, 6.07) is 5.83. The van der Waals surface area contributed by atoms with Crippen molar-refractivity contribution in [3.8, 4) is 5.69 Å². The molecule has 0 spiro atoms. The van der Waals surface area contributed by atoms with Crippen molar-refractivity contribution in [1.29, 1.82) is 0 Å². The molecule has 21 heavy (non-hydrogen) atoms. The van der Waals surface area contributed by atoms with Crippen molar-refractivity contribution in [1.82, 2.24) is 9.78 Å². The second-order valence-corrected chi connectivity index (χ2v) is 6.56. The molecule has 0 saturated heterocycles. The van der Waals surface area contributed by atoms with Crippen LogP contribution in [0, 0.1) is 13.8 Å². The first-order valence-electron chi connectivity index (χ1n) is 6.47. The third kappa shape index (κ3) is 2.94. The van der Waals surface area contributed by atoms with E-state index < -0.39 is 0 Å². The number of oxime groups is 1. The molecule has 0 aliphatic rings. The number of hydrogen-bond acceptors (Lipinski definition) is 4. The SMILES string of the molecule is CCSc1cccc(-n2nc(C)c(Br)c2C)c1/C(N)=N/O. The average molecular weight is 369 g/mol. The highest BCUT2D eigenvalue weighted by molar-refractivity contribution is 9.10. The highest BCUT2D eigenvalue weighted by atomic mass is 79.9. The molecule has 0 unspecified atom stereocenters. The molecule has 0 amide bonds. The smallest absolute Gasteiger partial charge is 0.173 e. The Morgan fingerprint density at radius 2 is 2.19 bits per heavy atom. The molecule has 1 aromatic heterocycles. The van der Waals surface area contributed by atoms with Gasteiger partial charge in [0.25, 0.3) is 0 Å². The maximum absolute atomic E-state index is 9.10. The van der Waals surface area contributed by atoms with Gasteiger partial charge in [0.15, 0.2) is 5.84 Å². The minimum absolute atomic E-state index is 0.0882. The number of benzene rings is 1. The fourth-order valence-corrected chi connectivity index (χ4v) is 3.22. The van der Waals surface area contributed by atoms with Crippen molar-refractivity contribution in [2.75, 3.05) is 5.75 Å². The summed E-state index contributed by atoms with van der Waals surface area (Å²) in [6.07, 6.45) is 0. The molecule has 1 aromatic carbocycles. The van der Waals surface area contributed by atoms with Crippen LogP contribution in [-0.4, -0.2) is 26.6 Å². The standard InChI is InChI=1S/C14H17BrN4OS/c1-4-21-11-7-5-6-10(12(11)14(16)18-20)19-9(3)13(15)8(2)17-19/h5-7,20H,4H2,1-3H3,(H2,16,18). The van der Waals surface area contributed by atoms with Gasteiger partial charge in [0.05, 0.1) is 27.1 Å². The minimum atomic E-state index is 0.0882.